The summed E-state index contributed by atoms with van der Waals surface area (Å²) in [7, 11) is 0. The van der Waals surface area contributed by atoms with E-state index in [9.17, 15) is 0 Å². The SMILES string of the molecule is [CH2]CC/C=C/CCCC/C=C/CCC. The summed E-state index contributed by atoms with van der Waals surface area (Å²) in [6, 6.07) is 0. The maximum atomic E-state index is 3.80. The van der Waals surface area contributed by atoms with Gasteiger partial charge in [-0.05, 0) is 44.9 Å². The third kappa shape index (κ3) is 11.5. The highest BCUT2D eigenvalue weighted by molar-refractivity contribution is 4.83. The lowest BCUT2D eigenvalue weighted by atomic mass is 10.1. The minimum absolute atomic E-state index is 1.02. The molecule has 0 N–H and O–H groups in total. The predicted octanol–water partition coefficient (Wildman–Crippen LogP) is 5.07. The first kappa shape index (κ1) is 13.5. The van der Waals surface area contributed by atoms with Crippen LogP contribution in [-0.4, -0.2) is 0 Å². The highest BCUT2D eigenvalue weighted by Crippen LogP contribution is 2.03. The first-order chi connectivity index (χ1) is 6.91. The van der Waals surface area contributed by atoms with E-state index in [4.69, 9.17) is 0 Å². The van der Waals surface area contributed by atoms with Crippen LogP contribution in [0.25, 0.3) is 0 Å². The topological polar surface area (TPSA) is 0 Å². The molecule has 0 unspecified atom stereocenters. The van der Waals surface area contributed by atoms with Gasteiger partial charge in [-0.15, -0.1) is 0 Å². The molecule has 14 heavy (non-hydrogen) atoms. The Bertz CT molecular complexity index is 124. The lowest BCUT2D eigenvalue weighted by Gasteiger charge is -1.93. The smallest absolute Gasteiger partial charge is 0.0351 e. The van der Waals surface area contributed by atoms with Crippen LogP contribution in [0, 0.1) is 6.92 Å². The number of hydrogen-bond donors (Lipinski definition) is 0. The predicted molar refractivity (Wildman–Crippen MR) is 66.2 cm³/mol. The molecule has 0 aromatic rings. The molecule has 0 aromatic heterocycles. The number of rotatable bonds is 9. The molecule has 1 radical (unpaired) electrons. The molecule has 0 aliphatic carbocycles. The van der Waals surface area contributed by atoms with Crippen molar-refractivity contribution in [2.45, 2.75) is 58.3 Å². The lowest BCUT2D eigenvalue weighted by Crippen LogP contribution is -1.73. The zero-order chi connectivity index (χ0) is 10.5. The Morgan fingerprint density at radius 2 is 1.29 bits per heavy atom. The van der Waals surface area contributed by atoms with Gasteiger partial charge in [0.25, 0.3) is 0 Å². The van der Waals surface area contributed by atoms with E-state index in [0.29, 0.717) is 0 Å². The molecule has 0 atom stereocenters. The normalized spacial score (nSPS) is 11.9. The molecule has 0 nitrogen and oxygen atoms in total. The molecule has 0 saturated heterocycles. The van der Waals surface area contributed by atoms with Crippen molar-refractivity contribution < 1.29 is 0 Å². The van der Waals surface area contributed by atoms with Gasteiger partial charge in [0.05, 0.1) is 0 Å². The number of allylic oxidation sites excluding steroid dienone is 4. The summed E-state index contributed by atoms with van der Waals surface area (Å²) < 4.78 is 0. The van der Waals surface area contributed by atoms with Gasteiger partial charge >= 0.3 is 0 Å². The van der Waals surface area contributed by atoms with Gasteiger partial charge in [0.1, 0.15) is 0 Å². The van der Waals surface area contributed by atoms with Gasteiger partial charge in [0.15, 0.2) is 0 Å². The Morgan fingerprint density at radius 1 is 0.786 bits per heavy atom. The zero-order valence-corrected chi connectivity index (χ0v) is 9.67. The van der Waals surface area contributed by atoms with Crippen LogP contribution < -0.4 is 0 Å². The molecule has 0 heteroatoms. The maximum absolute atomic E-state index is 3.80. The average molecular weight is 193 g/mol. The van der Waals surface area contributed by atoms with Crippen LogP contribution in [0.4, 0.5) is 0 Å². The second kappa shape index (κ2) is 12.5. The molecule has 0 rings (SSSR count). The highest BCUT2D eigenvalue weighted by atomic mass is 13.9. The van der Waals surface area contributed by atoms with Crippen LogP contribution in [0.5, 0.6) is 0 Å². The van der Waals surface area contributed by atoms with E-state index in [0.717, 1.165) is 12.8 Å². The van der Waals surface area contributed by atoms with Crippen LogP contribution in [-0.2, 0) is 0 Å². The van der Waals surface area contributed by atoms with Crippen LogP contribution in [0.15, 0.2) is 24.3 Å². The average Bonchev–Trinajstić information content (AvgIpc) is 2.21. The van der Waals surface area contributed by atoms with Crippen LogP contribution in [0.2, 0.25) is 0 Å². The summed E-state index contributed by atoms with van der Waals surface area (Å²) in [6.07, 6.45) is 19.0. The largest absolute Gasteiger partial charge is 0.0885 e. The Labute approximate surface area is 90.1 Å². The van der Waals surface area contributed by atoms with Crippen molar-refractivity contribution >= 4 is 0 Å². The van der Waals surface area contributed by atoms with E-state index in [1.165, 1.54) is 38.5 Å². The molecule has 0 aromatic carbocycles. The molecule has 0 bridgehead atoms. The van der Waals surface area contributed by atoms with Gasteiger partial charge in [-0.25, -0.2) is 0 Å². The fraction of sp³-hybridized carbons (Fsp3) is 0.643. The summed E-state index contributed by atoms with van der Waals surface area (Å²) in [5.41, 5.74) is 0. The molecule has 0 spiro atoms. The molecule has 0 aliphatic rings. The van der Waals surface area contributed by atoms with E-state index in [1.807, 2.05) is 0 Å². The second-order valence-electron chi connectivity index (χ2n) is 3.66. The molecule has 0 amide bonds. The highest BCUT2D eigenvalue weighted by Gasteiger charge is 1.83. The van der Waals surface area contributed by atoms with Gasteiger partial charge in [-0.2, -0.15) is 0 Å². The van der Waals surface area contributed by atoms with E-state index in [-0.39, 0.29) is 0 Å². The van der Waals surface area contributed by atoms with Crippen LogP contribution in [0.3, 0.4) is 0 Å². The Kier molecular flexibility index (Phi) is 12.0. The molecule has 81 valence electrons. The first-order valence-corrected chi connectivity index (χ1v) is 6.01. The van der Waals surface area contributed by atoms with Crippen molar-refractivity contribution in [1.29, 1.82) is 0 Å². The van der Waals surface area contributed by atoms with Crippen molar-refractivity contribution in [2.75, 3.05) is 0 Å². The standard InChI is InChI=1S/C14H25/c1-3-5-7-9-11-13-14-12-10-8-6-4-2/h7-10H,1,3-6,11-14H2,2H3/b9-7+,10-8+. The monoisotopic (exact) mass is 193 g/mol. The summed E-state index contributed by atoms with van der Waals surface area (Å²) in [6.45, 7) is 6.02. The van der Waals surface area contributed by atoms with Gasteiger partial charge in [0, 0.05) is 0 Å². The van der Waals surface area contributed by atoms with Crippen molar-refractivity contribution in [3.05, 3.63) is 31.2 Å². The molecule has 0 saturated carbocycles. The van der Waals surface area contributed by atoms with Gasteiger partial charge < -0.3 is 0 Å². The van der Waals surface area contributed by atoms with Crippen molar-refractivity contribution in [2.24, 2.45) is 0 Å². The van der Waals surface area contributed by atoms with Crippen LogP contribution >= 0.6 is 0 Å². The Balaban J connectivity index is 3.05. The molecular formula is C14H25. The third-order valence-electron chi connectivity index (χ3n) is 2.15. The summed E-state index contributed by atoms with van der Waals surface area (Å²) in [5.74, 6) is 0. The molecule has 0 heterocycles. The first-order valence-electron chi connectivity index (χ1n) is 6.01. The minimum atomic E-state index is 1.02. The third-order valence-corrected chi connectivity index (χ3v) is 2.15. The molecule has 0 aliphatic heterocycles. The second-order valence-corrected chi connectivity index (χ2v) is 3.66. The van der Waals surface area contributed by atoms with Crippen LogP contribution in [0.1, 0.15) is 58.3 Å². The van der Waals surface area contributed by atoms with E-state index in [2.05, 4.69) is 38.2 Å². The van der Waals surface area contributed by atoms with Crippen molar-refractivity contribution in [3.8, 4) is 0 Å². The lowest BCUT2D eigenvalue weighted by molar-refractivity contribution is 0.758. The maximum Gasteiger partial charge on any atom is -0.0351 e. The Morgan fingerprint density at radius 3 is 1.79 bits per heavy atom. The van der Waals surface area contributed by atoms with E-state index >= 15 is 0 Å². The quantitative estimate of drug-likeness (QED) is 0.354. The van der Waals surface area contributed by atoms with Crippen molar-refractivity contribution in [1.82, 2.24) is 0 Å². The fourth-order valence-electron chi connectivity index (χ4n) is 1.28. The Hall–Kier alpha value is -0.520. The zero-order valence-electron chi connectivity index (χ0n) is 9.67. The van der Waals surface area contributed by atoms with Gasteiger partial charge in [-0.3, -0.25) is 0 Å². The summed E-state index contributed by atoms with van der Waals surface area (Å²) in [4.78, 5) is 0. The molecular weight excluding hydrogens is 168 g/mol. The number of hydrogen-bond acceptors (Lipinski definition) is 0. The molecule has 0 fully saturated rings. The van der Waals surface area contributed by atoms with Gasteiger partial charge in [0.2, 0.25) is 0 Å². The van der Waals surface area contributed by atoms with Crippen molar-refractivity contribution in [3.63, 3.8) is 0 Å². The minimum Gasteiger partial charge on any atom is -0.0885 e. The fourth-order valence-corrected chi connectivity index (χ4v) is 1.28. The van der Waals surface area contributed by atoms with E-state index < -0.39 is 0 Å². The number of unbranched alkanes of at least 4 members (excludes halogenated alkanes) is 5. The van der Waals surface area contributed by atoms with Gasteiger partial charge in [-0.1, -0.05) is 44.6 Å². The van der Waals surface area contributed by atoms with E-state index in [1.54, 1.807) is 0 Å². The summed E-state index contributed by atoms with van der Waals surface area (Å²) in [5, 5.41) is 0. The summed E-state index contributed by atoms with van der Waals surface area (Å²) >= 11 is 0.